The van der Waals surface area contributed by atoms with Gasteiger partial charge in [-0.05, 0) is 31.5 Å². The Morgan fingerprint density at radius 3 is 2.73 bits per heavy atom. The van der Waals surface area contributed by atoms with Gasteiger partial charge in [-0.25, -0.2) is 4.39 Å². The monoisotopic (exact) mass is 215 g/mol. The Balaban J connectivity index is 2.74. The molecule has 0 fully saturated rings. The van der Waals surface area contributed by atoms with E-state index < -0.39 is 11.6 Å². The van der Waals surface area contributed by atoms with Gasteiger partial charge in [0.2, 0.25) is 5.82 Å². The molecule has 1 atom stereocenters. The van der Waals surface area contributed by atoms with Crippen LogP contribution in [0.15, 0.2) is 18.2 Å². The summed E-state index contributed by atoms with van der Waals surface area (Å²) in [7, 11) is 0. The number of ether oxygens (including phenoxy) is 1. The van der Waals surface area contributed by atoms with Gasteiger partial charge in [-0.15, -0.1) is 0 Å². The molecule has 84 valence electrons. The van der Waals surface area contributed by atoms with Crippen molar-refractivity contribution >= 4 is 0 Å². The van der Waals surface area contributed by atoms with Crippen molar-refractivity contribution in [2.24, 2.45) is 5.73 Å². The van der Waals surface area contributed by atoms with Crippen LogP contribution in [-0.2, 0) is 0 Å². The van der Waals surface area contributed by atoms with Gasteiger partial charge in [0, 0.05) is 0 Å². The molecule has 0 aliphatic rings. The van der Waals surface area contributed by atoms with Crippen LogP contribution in [0.25, 0.3) is 0 Å². The molecule has 2 N–H and O–H groups in total. The lowest BCUT2D eigenvalue weighted by Crippen LogP contribution is -2.20. The van der Waals surface area contributed by atoms with Gasteiger partial charge in [-0.3, -0.25) is 0 Å². The van der Waals surface area contributed by atoms with Gasteiger partial charge < -0.3 is 10.5 Å². The zero-order chi connectivity index (χ0) is 11.3. The first-order chi connectivity index (χ1) is 7.19. The van der Waals surface area contributed by atoms with Gasteiger partial charge in [-0.2, -0.15) is 4.39 Å². The van der Waals surface area contributed by atoms with Crippen LogP contribution >= 0.6 is 0 Å². The van der Waals surface area contributed by atoms with Gasteiger partial charge in [-0.1, -0.05) is 13.0 Å². The van der Waals surface area contributed by atoms with E-state index in [0.29, 0.717) is 19.4 Å². The minimum absolute atomic E-state index is 0.0460. The van der Waals surface area contributed by atoms with Crippen molar-refractivity contribution in [3.63, 3.8) is 0 Å². The predicted molar refractivity (Wildman–Crippen MR) is 54.7 cm³/mol. The summed E-state index contributed by atoms with van der Waals surface area (Å²) < 4.78 is 31.4. The summed E-state index contributed by atoms with van der Waals surface area (Å²) in [5, 5.41) is 0. The normalized spacial score (nSPS) is 12.5. The predicted octanol–water partition coefficient (Wildman–Crippen LogP) is 2.47. The fraction of sp³-hybridized carbons (Fsp3) is 0.455. The molecule has 1 aromatic rings. The Kier molecular flexibility index (Phi) is 4.49. The molecule has 4 heteroatoms. The second-order valence-electron chi connectivity index (χ2n) is 3.28. The number of hydrogen-bond donors (Lipinski definition) is 1. The van der Waals surface area contributed by atoms with Crippen LogP contribution in [0.2, 0.25) is 0 Å². The number of halogens is 2. The number of hydrogen-bond acceptors (Lipinski definition) is 2. The molecular formula is C11H15F2NO. The van der Waals surface area contributed by atoms with Crippen molar-refractivity contribution < 1.29 is 13.5 Å². The molecule has 0 heterocycles. The van der Waals surface area contributed by atoms with Crippen molar-refractivity contribution in [1.29, 1.82) is 0 Å². The minimum Gasteiger partial charge on any atom is -0.487 e. The lowest BCUT2D eigenvalue weighted by Gasteiger charge is -2.17. The molecular weight excluding hydrogens is 200 g/mol. The maximum atomic E-state index is 13.2. The molecule has 1 aromatic carbocycles. The zero-order valence-corrected chi connectivity index (χ0v) is 8.67. The molecule has 1 rings (SSSR count). The molecule has 0 aromatic heterocycles. The highest BCUT2D eigenvalue weighted by Crippen LogP contribution is 2.21. The van der Waals surface area contributed by atoms with Crippen molar-refractivity contribution in [2.45, 2.75) is 25.9 Å². The molecule has 0 aliphatic heterocycles. The molecule has 0 radical (unpaired) electrons. The fourth-order valence-corrected chi connectivity index (χ4v) is 1.29. The second kappa shape index (κ2) is 5.66. The molecule has 0 bridgehead atoms. The highest BCUT2D eigenvalue weighted by Gasteiger charge is 2.13. The topological polar surface area (TPSA) is 35.2 Å². The maximum Gasteiger partial charge on any atom is 0.200 e. The lowest BCUT2D eigenvalue weighted by atomic mass is 10.2. The smallest absolute Gasteiger partial charge is 0.200 e. The van der Waals surface area contributed by atoms with E-state index in [4.69, 9.17) is 10.5 Å². The third kappa shape index (κ3) is 3.16. The SMILES string of the molecule is CCC(CCN)Oc1cccc(F)c1F. The van der Waals surface area contributed by atoms with E-state index in [1.165, 1.54) is 12.1 Å². The van der Waals surface area contributed by atoms with E-state index in [0.717, 1.165) is 6.07 Å². The highest BCUT2D eigenvalue weighted by atomic mass is 19.2. The van der Waals surface area contributed by atoms with Crippen LogP contribution in [-0.4, -0.2) is 12.6 Å². The van der Waals surface area contributed by atoms with Gasteiger partial charge in [0.05, 0.1) is 6.10 Å². The Hall–Kier alpha value is -1.16. The average Bonchev–Trinajstić information content (AvgIpc) is 2.24. The first-order valence-corrected chi connectivity index (χ1v) is 4.99. The van der Waals surface area contributed by atoms with Crippen LogP contribution in [0.4, 0.5) is 8.78 Å². The summed E-state index contributed by atoms with van der Waals surface area (Å²) in [6.45, 7) is 2.38. The standard InChI is InChI=1S/C11H15F2NO/c1-2-8(6-7-14)15-10-5-3-4-9(12)11(10)13/h3-5,8H,2,6-7,14H2,1H3. The van der Waals surface area contributed by atoms with Crippen molar-refractivity contribution in [3.05, 3.63) is 29.8 Å². The van der Waals surface area contributed by atoms with Crippen LogP contribution in [0, 0.1) is 11.6 Å². The average molecular weight is 215 g/mol. The van der Waals surface area contributed by atoms with Crippen LogP contribution in [0.3, 0.4) is 0 Å². The first-order valence-electron chi connectivity index (χ1n) is 4.99. The fourth-order valence-electron chi connectivity index (χ4n) is 1.29. The quantitative estimate of drug-likeness (QED) is 0.818. The van der Waals surface area contributed by atoms with Crippen LogP contribution in [0.1, 0.15) is 19.8 Å². The number of benzene rings is 1. The van der Waals surface area contributed by atoms with Gasteiger partial charge in [0.1, 0.15) is 0 Å². The van der Waals surface area contributed by atoms with Gasteiger partial charge in [0.15, 0.2) is 11.6 Å². The van der Waals surface area contributed by atoms with E-state index in [-0.39, 0.29) is 11.9 Å². The number of nitrogens with two attached hydrogens (primary N) is 1. The van der Waals surface area contributed by atoms with Crippen LogP contribution < -0.4 is 10.5 Å². The Bertz CT molecular complexity index is 317. The summed E-state index contributed by atoms with van der Waals surface area (Å²) in [6, 6.07) is 3.90. The van der Waals surface area contributed by atoms with Crippen molar-refractivity contribution in [3.8, 4) is 5.75 Å². The third-order valence-corrected chi connectivity index (χ3v) is 2.15. The largest absolute Gasteiger partial charge is 0.487 e. The first kappa shape index (κ1) is 11.9. The Morgan fingerprint density at radius 1 is 1.40 bits per heavy atom. The Morgan fingerprint density at radius 2 is 2.13 bits per heavy atom. The summed E-state index contributed by atoms with van der Waals surface area (Å²) in [5.74, 6) is -1.88. The van der Waals surface area contributed by atoms with E-state index in [1.54, 1.807) is 0 Å². The van der Waals surface area contributed by atoms with Crippen LogP contribution in [0.5, 0.6) is 5.75 Å². The third-order valence-electron chi connectivity index (χ3n) is 2.15. The van der Waals surface area contributed by atoms with E-state index in [9.17, 15) is 8.78 Å². The maximum absolute atomic E-state index is 13.2. The van der Waals surface area contributed by atoms with Gasteiger partial charge >= 0.3 is 0 Å². The van der Waals surface area contributed by atoms with Crippen molar-refractivity contribution in [2.75, 3.05) is 6.54 Å². The van der Waals surface area contributed by atoms with E-state index >= 15 is 0 Å². The van der Waals surface area contributed by atoms with Gasteiger partial charge in [0.25, 0.3) is 0 Å². The zero-order valence-electron chi connectivity index (χ0n) is 8.67. The minimum atomic E-state index is -0.937. The molecule has 0 saturated heterocycles. The molecule has 0 aliphatic carbocycles. The summed E-state index contributed by atoms with van der Waals surface area (Å²) in [6.07, 6.45) is 1.19. The van der Waals surface area contributed by atoms with Crippen molar-refractivity contribution in [1.82, 2.24) is 0 Å². The molecule has 0 saturated carbocycles. The van der Waals surface area contributed by atoms with E-state index in [1.807, 2.05) is 6.92 Å². The molecule has 15 heavy (non-hydrogen) atoms. The second-order valence-corrected chi connectivity index (χ2v) is 3.28. The van der Waals surface area contributed by atoms with E-state index in [2.05, 4.69) is 0 Å². The summed E-state index contributed by atoms with van der Waals surface area (Å²) in [5.41, 5.74) is 5.38. The molecule has 2 nitrogen and oxygen atoms in total. The lowest BCUT2D eigenvalue weighted by molar-refractivity contribution is 0.179. The number of rotatable bonds is 5. The highest BCUT2D eigenvalue weighted by molar-refractivity contribution is 5.25. The summed E-state index contributed by atoms with van der Waals surface area (Å²) in [4.78, 5) is 0. The Labute approximate surface area is 88.0 Å². The molecule has 0 spiro atoms. The summed E-state index contributed by atoms with van der Waals surface area (Å²) >= 11 is 0. The molecule has 1 unspecified atom stereocenters. The molecule has 0 amide bonds.